The lowest BCUT2D eigenvalue weighted by Crippen LogP contribution is -2.51. The van der Waals surface area contributed by atoms with Gasteiger partial charge in [0.25, 0.3) is 11.6 Å². The molecule has 2 aromatic carbocycles. The molecule has 130 valence electrons. The van der Waals surface area contributed by atoms with Crippen molar-refractivity contribution >= 4 is 11.5 Å². The first-order chi connectivity index (χ1) is 12.2. The third-order valence-corrected chi connectivity index (χ3v) is 5.38. The van der Waals surface area contributed by atoms with Crippen LogP contribution in [0.4, 0.5) is 5.69 Å². The molecular formula is C21H25N2O2+. The molecule has 2 atom stereocenters. The molecule has 0 amide bonds. The average molecular weight is 337 g/mol. The van der Waals surface area contributed by atoms with Crippen LogP contribution in [0.3, 0.4) is 0 Å². The Kier molecular flexibility index (Phi) is 4.00. The fourth-order valence-electron chi connectivity index (χ4n) is 4.19. The second kappa shape index (κ2) is 6.19. The van der Waals surface area contributed by atoms with Crippen molar-refractivity contribution in [3.8, 4) is 5.75 Å². The lowest BCUT2D eigenvalue weighted by molar-refractivity contribution is -0.564. The van der Waals surface area contributed by atoms with Gasteiger partial charge in [-0.25, -0.2) is 0 Å². The third-order valence-electron chi connectivity index (χ3n) is 5.38. The molecule has 2 aliphatic rings. The van der Waals surface area contributed by atoms with E-state index in [1.807, 2.05) is 49.4 Å². The summed E-state index contributed by atoms with van der Waals surface area (Å²) in [5, 5.41) is 11.9. The van der Waals surface area contributed by atoms with Crippen molar-refractivity contribution in [3.63, 3.8) is 0 Å². The molecule has 4 heteroatoms. The first-order valence-corrected chi connectivity index (χ1v) is 9.09. The summed E-state index contributed by atoms with van der Waals surface area (Å²) in [6, 6.07) is 18.1. The molecule has 25 heavy (non-hydrogen) atoms. The molecule has 0 aliphatic carbocycles. The van der Waals surface area contributed by atoms with E-state index in [-0.39, 0.29) is 6.04 Å². The fourth-order valence-corrected chi connectivity index (χ4v) is 4.19. The van der Waals surface area contributed by atoms with Gasteiger partial charge in [-0.1, -0.05) is 18.2 Å². The Hall–Kier alpha value is -2.33. The minimum Gasteiger partial charge on any atom is -0.494 e. The molecular weight excluding hydrogens is 312 g/mol. The molecule has 0 radical (unpaired) electrons. The molecule has 2 heterocycles. The zero-order valence-corrected chi connectivity index (χ0v) is 14.9. The highest BCUT2D eigenvalue weighted by molar-refractivity contribution is 5.97. The second-order valence-electron chi connectivity index (χ2n) is 6.74. The standard InChI is InChI=1S/C21H25N2O2/c1-3-25-19-13-11-17(12-14-19)21(24)16(2)22-15-7-10-20(22)23(21)18-8-5-4-6-9-18/h4-6,8-9,11-14,16,24H,3,7,10,15H2,1-2H3/q+1/t16-,21-/m1/s1. The second-order valence-corrected chi connectivity index (χ2v) is 6.74. The van der Waals surface area contributed by atoms with Crippen LogP contribution in [-0.2, 0) is 5.72 Å². The highest BCUT2D eigenvalue weighted by atomic mass is 16.5. The first kappa shape index (κ1) is 16.2. The molecule has 4 nitrogen and oxygen atoms in total. The molecule has 0 unspecified atom stereocenters. The van der Waals surface area contributed by atoms with Crippen LogP contribution < -0.4 is 9.64 Å². The number of benzene rings is 2. The van der Waals surface area contributed by atoms with E-state index in [1.54, 1.807) is 0 Å². The van der Waals surface area contributed by atoms with Gasteiger partial charge in [0.2, 0.25) is 0 Å². The van der Waals surface area contributed by atoms with Gasteiger partial charge in [0.15, 0.2) is 6.04 Å². The Bertz CT molecular complexity index is 785. The van der Waals surface area contributed by atoms with Gasteiger partial charge in [0.1, 0.15) is 11.4 Å². The minimum atomic E-state index is -1.08. The maximum absolute atomic E-state index is 11.9. The summed E-state index contributed by atoms with van der Waals surface area (Å²) in [6.45, 7) is 5.73. The highest BCUT2D eigenvalue weighted by Crippen LogP contribution is 2.42. The Morgan fingerprint density at radius 1 is 1.16 bits per heavy atom. The SMILES string of the molecule is CCOc1ccc([C@]2(O)[C@@H](C)[N+]3=C(CCC3)N2c2ccccc2)cc1. The Morgan fingerprint density at radius 2 is 1.88 bits per heavy atom. The van der Waals surface area contributed by atoms with E-state index >= 15 is 0 Å². The fraction of sp³-hybridized carbons (Fsp3) is 0.381. The maximum atomic E-state index is 11.9. The maximum Gasteiger partial charge on any atom is 0.278 e. The average Bonchev–Trinajstić information content (AvgIpc) is 3.19. The summed E-state index contributed by atoms with van der Waals surface area (Å²) in [5.74, 6) is 2.05. The number of para-hydroxylation sites is 1. The number of aliphatic hydroxyl groups is 1. The topological polar surface area (TPSA) is 35.7 Å². The Balaban J connectivity index is 1.80. The van der Waals surface area contributed by atoms with Crippen LogP contribution in [0.25, 0.3) is 0 Å². The predicted molar refractivity (Wildman–Crippen MR) is 99.3 cm³/mol. The van der Waals surface area contributed by atoms with Crippen LogP contribution in [0.5, 0.6) is 5.75 Å². The summed E-state index contributed by atoms with van der Waals surface area (Å²) in [5.41, 5.74) is 0.848. The largest absolute Gasteiger partial charge is 0.494 e. The van der Waals surface area contributed by atoms with E-state index in [9.17, 15) is 5.11 Å². The summed E-state index contributed by atoms with van der Waals surface area (Å²) in [4.78, 5) is 2.13. The molecule has 0 spiro atoms. The van der Waals surface area contributed by atoms with Crippen LogP contribution in [0, 0.1) is 0 Å². The van der Waals surface area contributed by atoms with Crippen LogP contribution in [-0.4, -0.2) is 34.7 Å². The number of nitrogens with zero attached hydrogens (tertiary/aromatic N) is 2. The smallest absolute Gasteiger partial charge is 0.278 e. The number of hydrogen-bond donors (Lipinski definition) is 1. The van der Waals surface area contributed by atoms with Crippen molar-refractivity contribution < 1.29 is 14.4 Å². The number of ether oxygens (including phenoxy) is 1. The molecule has 2 aromatic rings. The molecule has 0 aromatic heterocycles. The van der Waals surface area contributed by atoms with Crippen molar-refractivity contribution in [2.45, 2.75) is 38.5 Å². The van der Waals surface area contributed by atoms with Crippen LogP contribution >= 0.6 is 0 Å². The van der Waals surface area contributed by atoms with Gasteiger partial charge in [-0.15, -0.1) is 0 Å². The van der Waals surface area contributed by atoms with Crippen molar-refractivity contribution in [3.05, 3.63) is 60.2 Å². The van der Waals surface area contributed by atoms with Crippen LogP contribution in [0.15, 0.2) is 54.6 Å². The normalized spacial score (nSPS) is 25.4. The third kappa shape index (κ3) is 2.44. The lowest BCUT2D eigenvalue weighted by atomic mass is 9.93. The molecule has 0 fully saturated rings. The summed E-state index contributed by atoms with van der Waals surface area (Å²) in [6.07, 6.45) is 2.14. The van der Waals surface area contributed by atoms with Gasteiger partial charge >= 0.3 is 0 Å². The Labute approximate surface area is 149 Å². The zero-order chi connectivity index (χ0) is 17.4. The summed E-state index contributed by atoms with van der Waals surface area (Å²) < 4.78 is 7.91. The molecule has 1 N–H and O–H groups in total. The molecule has 4 rings (SSSR count). The zero-order valence-electron chi connectivity index (χ0n) is 14.9. The van der Waals surface area contributed by atoms with E-state index < -0.39 is 5.72 Å². The van der Waals surface area contributed by atoms with Gasteiger partial charge in [-0.3, -0.25) is 4.58 Å². The number of hydrogen-bond acceptors (Lipinski definition) is 3. The molecule has 0 saturated heterocycles. The van der Waals surface area contributed by atoms with Crippen LogP contribution in [0.2, 0.25) is 0 Å². The van der Waals surface area contributed by atoms with Gasteiger partial charge in [0, 0.05) is 5.56 Å². The summed E-state index contributed by atoms with van der Waals surface area (Å²) in [7, 11) is 0. The summed E-state index contributed by atoms with van der Waals surface area (Å²) >= 11 is 0. The van der Waals surface area contributed by atoms with E-state index in [2.05, 4.69) is 28.5 Å². The number of amidine groups is 1. The van der Waals surface area contributed by atoms with Crippen molar-refractivity contribution in [2.24, 2.45) is 0 Å². The van der Waals surface area contributed by atoms with E-state index in [0.717, 1.165) is 36.4 Å². The van der Waals surface area contributed by atoms with Gasteiger partial charge in [-0.2, -0.15) is 4.90 Å². The monoisotopic (exact) mass is 337 g/mol. The minimum absolute atomic E-state index is 0.0110. The number of rotatable bonds is 4. The Morgan fingerprint density at radius 3 is 2.56 bits per heavy atom. The molecule has 2 aliphatic heterocycles. The number of anilines is 1. The lowest BCUT2D eigenvalue weighted by Gasteiger charge is -2.32. The predicted octanol–water partition coefficient (Wildman–Crippen LogP) is 3.34. The van der Waals surface area contributed by atoms with E-state index in [4.69, 9.17) is 4.74 Å². The van der Waals surface area contributed by atoms with E-state index in [1.165, 1.54) is 5.84 Å². The van der Waals surface area contributed by atoms with E-state index in [0.29, 0.717) is 6.61 Å². The van der Waals surface area contributed by atoms with Gasteiger partial charge in [-0.05, 0) is 56.7 Å². The van der Waals surface area contributed by atoms with Gasteiger partial charge in [0.05, 0.1) is 19.6 Å². The first-order valence-electron chi connectivity index (χ1n) is 9.09. The van der Waals surface area contributed by atoms with Crippen molar-refractivity contribution in [2.75, 3.05) is 18.1 Å². The molecule has 0 bridgehead atoms. The van der Waals surface area contributed by atoms with Crippen molar-refractivity contribution in [1.29, 1.82) is 0 Å². The highest BCUT2D eigenvalue weighted by Gasteiger charge is 2.60. The van der Waals surface area contributed by atoms with Gasteiger partial charge < -0.3 is 9.84 Å². The quantitative estimate of drug-likeness (QED) is 0.869. The van der Waals surface area contributed by atoms with Crippen LogP contribution in [0.1, 0.15) is 32.3 Å². The molecule has 0 saturated carbocycles. The van der Waals surface area contributed by atoms with Crippen molar-refractivity contribution in [1.82, 2.24) is 0 Å².